The van der Waals surface area contributed by atoms with Crippen molar-refractivity contribution < 1.29 is 19.9 Å². The van der Waals surface area contributed by atoms with E-state index >= 15 is 0 Å². The number of carboxylic acids is 1. The SMILES string of the molecule is O=C(O)c1cccc([N+](=O)[O-])c1N1CCCC(O)C1. The fourth-order valence-corrected chi connectivity index (χ4v) is 2.34. The highest BCUT2D eigenvalue weighted by atomic mass is 16.6. The lowest BCUT2D eigenvalue weighted by Crippen LogP contribution is -2.39. The van der Waals surface area contributed by atoms with Gasteiger partial charge in [0.2, 0.25) is 0 Å². The molecule has 1 saturated heterocycles. The third-order valence-electron chi connectivity index (χ3n) is 3.15. The molecule has 1 atom stereocenters. The van der Waals surface area contributed by atoms with Crippen molar-refractivity contribution in [2.24, 2.45) is 0 Å². The summed E-state index contributed by atoms with van der Waals surface area (Å²) < 4.78 is 0. The van der Waals surface area contributed by atoms with Gasteiger partial charge in [0.25, 0.3) is 5.69 Å². The molecule has 1 aliphatic heterocycles. The van der Waals surface area contributed by atoms with Gasteiger partial charge in [-0.15, -0.1) is 0 Å². The molecule has 0 aromatic heterocycles. The van der Waals surface area contributed by atoms with Gasteiger partial charge in [-0.2, -0.15) is 0 Å². The van der Waals surface area contributed by atoms with E-state index in [9.17, 15) is 20.0 Å². The molecule has 1 aliphatic rings. The van der Waals surface area contributed by atoms with Gasteiger partial charge >= 0.3 is 5.97 Å². The minimum Gasteiger partial charge on any atom is -0.478 e. The summed E-state index contributed by atoms with van der Waals surface area (Å²) in [6, 6.07) is 3.97. The predicted molar refractivity (Wildman–Crippen MR) is 67.5 cm³/mol. The van der Waals surface area contributed by atoms with Crippen LogP contribution in [0.5, 0.6) is 0 Å². The third kappa shape index (κ3) is 2.65. The average Bonchev–Trinajstić information content (AvgIpc) is 2.37. The number of aromatic carboxylic acids is 1. The molecule has 7 nitrogen and oxygen atoms in total. The summed E-state index contributed by atoms with van der Waals surface area (Å²) in [5.41, 5.74) is -0.268. The minimum atomic E-state index is -1.21. The van der Waals surface area contributed by atoms with Crippen LogP contribution in [0.2, 0.25) is 0 Å². The first-order valence-electron chi connectivity index (χ1n) is 5.94. The molecule has 2 N–H and O–H groups in total. The normalized spacial score (nSPS) is 19.2. The Bertz CT molecular complexity index is 485. The Morgan fingerprint density at radius 1 is 1.47 bits per heavy atom. The first-order valence-corrected chi connectivity index (χ1v) is 5.94. The van der Waals surface area contributed by atoms with Crippen molar-refractivity contribution in [3.05, 3.63) is 33.9 Å². The summed E-state index contributed by atoms with van der Waals surface area (Å²) in [5, 5.41) is 29.8. The number of nitro groups is 1. The molecule has 0 spiro atoms. The molecule has 0 radical (unpaired) electrons. The monoisotopic (exact) mass is 266 g/mol. The average molecular weight is 266 g/mol. The minimum absolute atomic E-state index is 0.0822. The quantitative estimate of drug-likeness (QED) is 0.630. The molecule has 102 valence electrons. The van der Waals surface area contributed by atoms with Crippen LogP contribution in [0.15, 0.2) is 18.2 Å². The Kier molecular flexibility index (Phi) is 3.66. The summed E-state index contributed by atoms with van der Waals surface area (Å²) in [6.07, 6.45) is 0.710. The van der Waals surface area contributed by atoms with Crippen LogP contribution >= 0.6 is 0 Å². The first-order chi connectivity index (χ1) is 9.00. The largest absolute Gasteiger partial charge is 0.478 e. The number of para-hydroxylation sites is 1. The van der Waals surface area contributed by atoms with Crippen LogP contribution in [0, 0.1) is 10.1 Å². The summed E-state index contributed by atoms with van der Waals surface area (Å²) in [5.74, 6) is -1.21. The Labute approximate surface area is 109 Å². The number of carbonyl (C=O) groups is 1. The van der Waals surface area contributed by atoms with Crippen LogP contribution in [0.4, 0.5) is 11.4 Å². The van der Waals surface area contributed by atoms with E-state index in [4.69, 9.17) is 5.11 Å². The molecule has 0 bridgehead atoms. The van der Waals surface area contributed by atoms with Gasteiger partial charge in [-0.3, -0.25) is 10.1 Å². The molecular formula is C12H14N2O5. The van der Waals surface area contributed by atoms with Gasteiger partial charge in [0.05, 0.1) is 16.6 Å². The predicted octanol–water partition coefficient (Wildman–Crippen LogP) is 1.25. The number of hydrogen-bond acceptors (Lipinski definition) is 5. The summed E-state index contributed by atoms with van der Waals surface area (Å²) >= 11 is 0. The Morgan fingerprint density at radius 2 is 2.21 bits per heavy atom. The third-order valence-corrected chi connectivity index (χ3v) is 3.15. The van der Waals surface area contributed by atoms with E-state index in [2.05, 4.69) is 0 Å². The van der Waals surface area contributed by atoms with E-state index in [1.54, 1.807) is 4.90 Å². The van der Waals surface area contributed by atoms with Gasteiger partial charge < -0.3 is 15.1 Å². The molecule has 1 aromatic carbocycles. The Balaban J connectivity index is 2.51. The zero-order valence-corrected chi connectivity index (χ0v) is 10.2. The fourth-order valence-electron chi connectivity index (χ4n) is 2.34. The van der Waals surface area contributed by atoms with Crippen LogP contribution in [-0.4, -0.2) is 40.3 Å². The van der Waals surface area contributed by atoms with Crippen LogP contribution in [0.3, 0.4) is 0 Å². The zero-order chi connectivity index (χ0) is 14.0. The van der Waals surface area contributed by atoms with Gasteiger partial charge in [-0.1, -0.05) is 6.07 Å². The number of carboxylic acid groups (broad SMARTS) is 1. The second kappa shape index (κ2) is 5.23. The highest BCUT2D eigenvalue weighted by Crippen LogP contribution is 2.33. The van der Waals surface area contributed by atoms with Crippen molar-refractivity contribution >= 4 is 17.3 Å². The van der Waals surface area contributed by atoms with Gasteiger partial charge in [0, 0.05) is 19.2 Å². The number of hydrogen-bond donors (Lipinski definition) is 2. The van der Waals surface area contributed by atoms with Crippen LogP contribution < -0.4 is 4.90 Å². The second-order valence-corrected chi connectivity index (χ2v) is 4.48. The maximum Gasteiger partial charge on any atom is 0.338 e. The first kappa shape index (κ1) is 13.3. The molecule has 2 rings (SSSR count). The molecule has 1 fully saturated rings. The number of aliphatic hydroxyl groups is 1. The molecule has 0 aliphatic carbocycles. The number of β-amino-alcohol motifs (C(OH)–C–C–N with tert-alkyl or cyclic N) is 1. The van der Waals surface area contributed by atoms with Gasteiger partial charge in [0.1, 0.15) is 5.69 Å². The van der Waals surface area contributed by atoms with E-state index < -0.39 is 17.0 Å². The van der Waals surface area contributed by atoms with Crippen molar-refractivity contribution in [1.29, 1.82) is 0 Å². The summed E-state index contributed by atoms with van der Waals surface area (Å²) in [7, 11) is 0. The topological polar surface area (TPSA) is 104 Å². The van der Waals surface area contributed by atoms with E-state index in [1.165, 1.54) is 18.2 Å². The molecule has 19 heavy (non-hydrogen) atoms. The lowest BCUT2D eigenvalue weighted by molar-refractivity contribution is -0.384. The smallest absolute Gasteiger partial charge is 0.338 e. The summed E-state index contributed by atoms with van der Waals surface area (Å²) in [4.78, 5) is 23.2. The van der Waals surface area contributed by atoms with Crippen molar-refractivity contribution in [3.8, 4) is 0 Å². The molecular weight excluding hydrogens is 252 g/mol. The fraction of sp³-hybridized carbons (Fsp3) is 0.417. The van der Waals surface area contributed by atoms with E-state index in [0.29, 0.717) is 19.4 Å². The maximum atomic E-state index is 11.2. The number of rotatable bonds is 3. The second-order valence-electron chi connectivity index (χ2n) is 4.48. The van der Waals surface area contributed by atoms with E-state index in [-0.39, 0.29) is 23.5 Å². The summed E-state index contributed by atoms with van der Waals surface area (Å²) in [6.45, 7) is 0.716. The zero-order valence-electron chi connectivity index (χ0n) is 10.2. The number of benzene rings is 1. The van der Waals surface area contributed by atoms with E-state index in [0.717, 1.165) is 0 Å². The Hall–Kier alpha value is -2.15. The van der Waals surface area contributed by atoms with Gasteiger partial charge in [-0.25, -0.2) is 4.79 Å². The molecule has 1 unspecified atom stereocenters. The highest BCUT2D eigenvalue weighted by molar-refractivity contribution is 5.97. The molecule has 1 aromatic rings. The van der Waals surface area contributed by atoms with E-state index in [1.807, 2.05) is 0 Å². The lowest BCUT2D eigenvalue weighted by Gasteiger charge is -2.32. The lowest BCUT2D eigenvalue weighted by atomic mass is 10.0. The van der Waals surface area contributed by atoms with Crippen molar-refractivity contribution in [2.75, 3.05) is 18.0 Å². The standard InChI is InChI=1S/C12H14N2O5/c15-8-3-2-6-13(7-8)11-9(12(16)17)4-1-5-10(11)14(18)19/h1,4-5,8,15H,2-3,6-7H2,(H,16,17). The van der Waals surface area contributed by atoms with Crippen LogP contribution in [0.1, 0.15) is 23.2 Å². The van der Waals surface area contributed by atoms with Crippen molar-refractivity contribution in [3.63, 3.8) is 0 Å². The van der Waals surface area contributed by atoms with Crippen LogP contribution in [-0.2, 0) is 0 Å². The number of aliphatic hydroxyl groups excluding tert-OH is 1. The van der Waals surface area contributed by atoms with Gasteiger partial charge in [-0.05, 0) is 18.9 Å². The molecule has 1 heterocycles. The number of piperidine rings is 1. The Morgan fingerprint density at radius 3 is 2.79 bits per heavy atom. The molecule has 0 saturated carbocycles. The van der Waals surface area contributed by atoms with Gasteiger partial charge in [0.15, 0.2) is 0 Å². The number of nitro benzene ring substituents is 1. The highest BCUT2D eigenvalue weighted by Gasteiger charge is 2.29. The number of nitrogens with zero attached hydrogens (tertiary/aromatic N) is 2. The molecule has 7 heteroatoms. The number of anilines is 1. The van der Waals surface area contributed by atoms with Crippen molar-refractivity contribution in [2.45, 2.75) is 18.9 Å². The van der Waals surface area contributed by atoms with Crippen LogP contribution in [0.25, 0.3) is 0 Å². The molecule has 0 amide bonds. The van der Waals surface area contributed by atoms with Crippen molar-refractivity contribution in [1.82, 2.24) is 0 Å². The maximum absolute atomic E-state index is 11.2.